The van der Waals surface area contributed by atoms with Gasteiger partial charge in [-0.25, -0.2) is 4.79 Å². The topological polar surface area (TPSA) is 49.3 Å². The lowest BCUT2D eigenvalue weighted by Gasteiger charge is -2.28. The summed E-state index contributed by atoms with van der Waals surface area (Å²) in [6.45, 7) is 0. The summed E-state index contributed by atoms with van der Waals surface area (Å²) in [6.07, 6.45) is 3.16. The van der Waals surface area contributed by atoms with E-state index in [1.807, 2.05) is 6.07 Å². The molecule has 0 atom stereocenters. The molecule has 16 heavy (non-hydrogen) atoms. The minimum absolute atomic E-state index is 0.150. The van der Waals surface area contributed by atoms with E-state index in [9.17, 15) is 4.79 Å². The predicted molar refractivity (Wildman–Crippen MR) is 62.6 cm³/mol. The summed E-state index contributed by atoms with van der Waals surface area (Å²) >= 11 is 0. The molecule has 1 aliphatic rings. The summed E-state index contributed by atoms with van der Waals surface area (Å²) in [7, 11) is 0. The zero-order valence-electron chi connectivity index (χ0n) is 9.23. The zero-order chi connectivity index (χ0) is 11.4. The van der Waals surface area contributed by atoms with Crippen LogP contribution in [-0.2, 0) is 0 Å². The summed E-state index contributed by atoms with van der Waals surface area (Å²) in [4.78, 5) is 10.5. The highest BCUT2D eigenvalue weighted by Gasteiger charge is 2.22. The Hall–Kier alpha value is -1.51. The summed E-state index contributed by atoms with van der Waals surface area (Å²) in [5, 5.41) is 11.2. The third kappa shape index (κ3) is 2.75. The van der Waals surface area contributed by atoms with Crippen LogP contribution < -0.4 is 5.32 Å². The summed E-state index contributed by atoms with van der Waals surface area (Å²) in [5.74, 6) is 0.605. The Kier molecular flexibility index (Phi) is 3.44. The molecule has 1 aromatic carbocycles. The van der Waals surface area contributed by atoms with Crippen LogP contribution in [-0.4, -0.2) is 17.2 Å². The molecule has 0 aromatic heterocycles. The molecule has 0 heterocycles. The molecule has 1 saturated carbocycles. The van der Waals surface area contributed by atoms with E-state index in [2.05, 4.69) is 29.6 Å². The van der Waals surface area contributed by atoms with Gasteiger partial charge in [0.25, 0.3) is 0 Å². The van der Waals surface area contributed by atoms with Gasteiger partial charge >= 0.3 is 6.09 Å². The highest BCUT2D eigenvalue weighted by atomic mass is 16.4. The highest BCUT2D eigenvalue weighted by molar-refractivity contribution is 5.64. The van der Waals surface area contributed by atoms with Crippen molar-refractivity contribution >= 4 is 6.09 Å². The molecule has 86 valence electrons. The molecule has 0 unspecified atom stereocenters. The van der Waals surface area contributed by atoms with Gasteiger partial charge in [-0.3, -0.25) is 0 Å². The molecule has 0 radical (unpaired) electrons. The fraction of sp³-hybridized carbons (Fsp3) is 0.462. The Labute approximate surface area is 95.5 Å². The van der Waals surface area contributed by atoms with Crippen LogP contribution in [0.1, 0.15) is 37.2 Å². The Bertz CT molecular complexity index is 342. The van der Waals surface area contributed by atoms with Crippen LogP contribution in [0.5, 0.6) is 0 Å². The lowest BCUT2D eigenvalue weighted by Crippen LogP contribution is -2.36. The minimum atomic E-state index is -0.900. The number of nitrogens with one attached hydrogen (secondary N) is 1. The molecular formula is C13H17NO2. The van der Waals surface area contributed by atoms with Crippen LogP contribution in [0.4, 0.5) is 4.79 Å². The number of hydrogen-bond acceptors (Lipinski definition) is 1. The number of rotatable bonds is 2. The van der Waals surface area contributed by atoms with Gasteiger partial charge in [0.05, 0.1) is 0 Å². The lowest BCUT2D eigenvalue weighted by atomic mass is 9.82. The average Bonchev–Trinajstić information content (AvgIpc) is 2.30. The van der Waals surface area contributed by atoms with E-state index < -0.39 is 6.09 Å². The Morgan fingerprint density at radius 1 is 1.12 bits per heavy atom. The largest absolute Gasteiger partial charge is 0.465 e. The Balaban J connectivity index is 1.88. The summed E-state index contributed by atoms with van der Waals surface area (Å²) in [5.41, 5.74) is 1.39. The standard InChI is InChI=1S/C13H17NO2/c15-13(16)14-12-8-6-11(7-9-12)10-4-2-1-3-5-10/h1-5,11-12,14H,6-9H2,(H,15,16)/t11-,12-. The molecule has 1 fully saturated rings. The average molecular weight is 219 g/mol. The molecule has 0 spiro atoms. The first-order chi connectivity index (χ1) is 7.75. The third-order valence-electron chi connectivity index (χ3n) is 3.33. The molecule has 2 N–H and O–H groups in total. The third-order valence-corrected chi connectivity index (χ3v) is 3.33. The van der Waals surface area contributed by atoms with Gasteiger partial charge in [-0.1, -0.05) is 30.3 Å². The number of carbonyl (C=O) groups is 1. The van der Waals surface area contributed by atoms with Gasteiger partial charge in [0.15, 0.2) is 0 Å². The lowest BCUT2D eigenvalue weighted by molar-refractivity contribution is 0.185. The van der Waals surface area contributed by atoms with E-state index >= 15 is 0 Å². The van der Waals surface area contributed by atoms with Crippen molar-refractivity contribution in [3.8, 4) is 0 Å². The van der Waals surface area contributed by atoms with Crippen molar-refractivity contribution in [3.63, 3.8) is 0 Å². The minimum Gasteiger partial charge on any atom is -0.465 e. The van der Waals surface area contributed by atoms with E-state index in [-0.39, 0.29) is 6.04 Å². The fourth-order valence-corrected chi connectivity index (χ4v) is 2.47. The smallest absolute Gasteiger partial charge is 0.404 e. The van der Waals surface area contributed by atoms with Gasteiger partial charge < -0.3 is 10.4 Å². The van der Waals surface area contributed by atoms with E-state index in [0.717, 1.165) is 25.7 Å². The molecule has 0 bridgehead atoms. The molecule has 0 saturated heterocycles. The molecule has 3 nitrogen and oxygen atoms in total. The van der Waals surface area contributed by atoms with Crippen LogP contribution in [0.25, 0.3) is 0 Å². The number of hydrogen-bond donors (Lipinski definition) is 2. The Morgan fingerprint density at radius 2 is 1.75 bits per heavy atom. The first kappa shape index (κ1) is 11.0. The van der Waals surface area contributed by atoms with Gasteiger partial charge in [-0.05, 0) is 37.2 Å². The van der Waals surface area contributed by atoms with Gasteiger partial charge in [-0.15, -0.1) is 0 Å². The van der Waals surface area contributed by atoms with Gasteiger partial charge in [-0.2, -0.15) is 0 Å². The summed E-state index contributed by atoms with van der Waals surface area (Å²) < 4.78 is 0. The van der Waals surface area contributed by atoms with E-state index in [1.165, 1.54) is 5.56 Å². The molecule has 1 aliphatic carbocycles. The van der Waals surface area contributed by atoms with Crippen molar-refractivity contribution in [1.29, 1.82) is 0 Å². The van der Waals surface area contributed by atoms with Crippen LogP contribution >= 0.6 is 0 Å². The van der Waals surface area contributed by atoms with Gasteiger partial charge in [0.1, 0.15) is 0 Å². The molecule has 3 heteroatoms. The normalized spacial score (nSPS) is 25.0. The molecule has 0 aliphatic heterocycles. The second-order valence-corrected chi connectivity index (χ2v) is 4.41. The van der Waals surface area contributed by atoms with Crippen LogP contribution in [0.15, 0.2) is 30.3 Å². The SMILES string of the molecule is O=C(O)N[C@H]1CC[C@H](c2ccccc2)CC1. The maximum atomic E-state index is 10.5. The second-order valence-electron chi connectivity index (χ2n) is 4.41. The van der Waals surface area contributed by atoms with Crippen LogP contribution in [0.3, 0.4) is 0 Å². The van der Waals surface area contributed by atoms with E-state index in [0.29, 0.717) is 5.92 Å². The zero-order valence-corrected chi connectivity index (χ0v) is 9.23. The summed E-state index contributed by atoms with van der Waals surface area (Å²) in [6, 6.07) is 10.6. The van der Waals surface area contributed by atoms with Gasteiger partial charge in [0, 0.05) is 6.04 Å². The van der Waals surface area contributed by atoms with Crippen molar-refractivity contribution in [2.45, 2.75) is 37.6 Å². The molecular weight excluding hydrogens is 202 g/mol. The fourth-order valence-electron chi connectivity index (χ4n) is 2.47. The molecule has 2 rings (SSSR count). The van der Waals surface area contributed by atoms with E-state index in [4.69, 9.17) is 5.11 Å². The monoisotopic (exact) mass is 219 g/mol. The van der Waals surface area contributed by atoms with Crippen molar-refractivity contribution in [3.05, 3.63) is 35.9 Å². The number of amides is 1. The van der Waals surface area contributed by atoms with Crippen molar-refractivity contribution < 1.29 is 9.90 Å². The van der Waals surface area contributed by atoms with E-state index in [1.54, 1.807) is 0 Å². The van der Waals surface area contributed by atoms with Gasteiger partial charge in [0.2, 0.25) is 0 Å². The van der Waals surface area contributed by atoms with Crippen LogP contribution in [0, 0.1) is 0 Å². The second kappa shape index (κ2) is 5.01. The number of benzene rings is 1. The first-order valence-corrected chi connectivity index (χ1v) is 5.80. The number of carboxylic acid groups (broad SMARTS) is 1. The Morgan fingerprint density at radius 3 is 2.31 bits per heavy atom. The maximum Gasteiger partial charge on any atom is 0.404 e. The molecule has 1 amide bonds. The predicted octanol–water partition coefficient (Wildman–Crippen LogP) is 2.98. The first-order valence-electron chi connectivity index (χ1n) is 5.80. The highest BCUT2D eigenvalue weighted by Crippen LogP contribution is 2.32. The van der Waals surface area contributed by atoms with Crippen molar-refractivity contribution in [1.82, 2.24) is 5.32 Å². The van der Waals surface area contributed by atoms with Crippen molar-refractivity contribution in [2.75, 3.05) is 0 Å². The molecule has 1 aromatic rings. The van der Waals surface area contributed by atoms with Crippen molar-refractivity contribution in [2.24, 2.45) is 0 Å². The quantitative estimate of drug-likeness (QED) is 0.803. The maximum absolute atomic E-state index is 10.5. The van der Waals surface area contributed by atoms with Crippen LogP contribution in [0.2, 0.25) is 0 Å².